The summed E-state index contributed by atoms with van der Waals surface area (Å²) in [5.41, 5.74) is 1.40. The molecule has 0 spiro atoms. The molecule has 3 N–H and O–H groups in total. The first kappa shape index (κ1) is 26.3. The number of hydrogen-bond acceptors (Lipinski definition) is 9. The molecule has 1 atom stereocenters. The number of aromatic nitrogens is 4. The Bertz CT molecular complexity index is 1230. The van der Waals surface area contributed by atoms with Gasteiger partial charge in [0.05, 0.1) is 28.9 Å². The summed E-state index contributed by atoms with van der Waals surface area (Å²) in [5, 5.41) is 34.1. The van der Waals surface area contributed by atoms with Crippen LogP contribution in [0.5, 0.6) is 11.5 Å². The number of phenols is 1. The number of tetrazole rings is 1. The quantitative estimate of drug-likeness (QED) is 0.236. The van der Waals surface area contributed by atoms with E-state index in [-0.39, 0.29) is 40.8 Å². The lowest BCUT2D eigenvalue weighted by molar-refractivity contribution is 0.101. The van der Waals surface area contributed by atoms with E-state index in [9.17, 15) is 23.4 Å². The maximum Gasteiger partial charge on any atom is 0.178 e. The maximum absolute atomic E-state index is 12.7. The minimum absolute atomic E-state index is 0.0794. The van der Waals surface area contributed by atoms with Crippen LogP contribution < -0.4 is 4.74 Å². The molecule has 1 heterocycles. The van der Waals surface area contributed by atoms with E-state index >= 15 is 0 Å². The molecular formula is C24H30N4O6S. The molecule has 3 rings (SSSR count). The van der Waals surface area contributed by atoms with Crippen LogP contribution in [0.3, 0.4) is 0 Å². The number of H-pyrrole nitrogens is 1. The van der Waals surface area contributed by atoms with E-state index in [1.807, 2.05) is 6.92 Å². The summed E-state index contributed by atoms with van der Waals surface area (Å²) in [5.74, 6) is 0.587. The van der Waals surface area contributed by atoms with Crippen LogP contribution in [0.2, 0.25) is 0 Å². The number of rotatable bonds is 13. The molecule has 0 radical (unpaired) electrons. The molecule has 11 heteroatoms. The van der Waals surface area contributed by atoms with Crippen molar-refractivity contribution >= 4 is 15.6 Å². The predicted octanol–water partition coefficient (Wildman–Crippen LogP) is 2.97. The van der Waals surface area contributed by atoms with Gasteiger partial charge in [0.2, 0.25) is 0 Å². The van der Waals surface area contributed by atoms with E-state index in [4.69, 9.17) is 4.74 Å². The molecule has 1 unspecified atom stereocenters. The lowest BCUT2D eigenvalue weighted by Gasteiger charge is -2.15. The number of aliphatic hydroxyl groups excluding tert-OH is 1. The number of carbonyl (C=O) groups excluding carboxylic acids is 1. The largest absolute Gasteiger partial charge is 0.507 e. The second kappa shape index (κ2) is 11.9. The topological polar surface area (TPSA) is 155 Å². The van der Waals surface area contributed by atoms with Crippen LogP contribution in [0.25, 0.3) is 0 Å². The van der Waals surface area contributed by atoms with Crippen LogP contribution in [0.4, 0.5) is 0 Å². The number of phenolic OH excluding ortho intramolecular Hbond substituents is 1. The molecule has 10 nitrogen and oxygen atoms in total. The number of aromatic hydroxyl groups is 1. The number of benzene rings is 2. The van der Waals surface area contributed by atoms with Crippen molar-refractivity contribution < 1.29 is 28.2 Å². The number of Topliss-reactive ketones (excluding diaryl/α,β-unsaturated/α-hetero) is 1. The maximum atomic E-state index is 12.7. The fourth-order valence-corrected chi connectivity index (χ4v) is 4.98. The zero-order valence-corrected chi connectivity index (χ0v) is 20.6. The molecule has 2 aromatic carbocycles. The second-order valence-corrected chi connectivity index (χ2v) is 10.3. The van der Waals surface area contributed by atoms with E-state index in [1.165, 1.54) is 25.1 Å². The Morgan fingerprint density at radius 3 is 2.51 bits per heavy atom. The average molecular weight is 503 g/mol. The van der Waals surface area contributed by atoms with Gasteiger partial charge < -0.3 is 14.9 Å². The Morgan fingerprint density at radius 1 is 1.14 bits per heavy atom. The smallest absolute Gasteiger partial charge is 0.178 e. The van der Waals surface area contributed by atoms with Crippen molar-refractivity contribution in [1.82, 2.24) is 20.6 Å². The average Bonchev–Trinajstić information content (AvgIpc) is 3.36. The van der Waals surface area contributed by atoms with E-state index in [1.54, 1.807) is 18.2 Å². The molecule has 0 fully saturated rings. The third-order valence-electron chi connectivity index (χ3n) is 5.60. The summed E-state index contributed by atoms with van der Waals surface area (Å²) in [6, 6.07) is 9.33. The fourth-order valence-electron chi connectivity index (χ4n) is 3.70. The molecule has 3 aromatic rings. The molecule has 0 saturated heterocycles. The van der Waals surface area contributed by atoms with E-state index < -0.39 is 15.9 Å². The molecule has 35 heavy (non-hydrogen) atoms. The lowest BCUT2D eigenvalue weighted by Crippen LogP contribution is -2.11. The van der Waals surface area contributed by atoms with Gasteiger partial charge in [-0.15, -0.1) is 5.10 Å². The lowest BCUT2D eigenvalue weighted by atomic mass is 10.0. The Balaban J connectivity index is 1.55. The molecule has 0 aliphatic carbocycles. The molecule has 0 aliphatic rings. The first-order valence-electron chi connectivity index (χ1n) is 11.4. The van der Waals surface area contributed by atoms with Gasteiger partial charge in [-0.1, -0.05) is 25.5 Å². The Morgan fingerprint density at radius 2 is 1.89 bits per heavy atom. The Kier molecular flexibility index (Phi) is 8.94. The monoisotopic (exact) mass is 502 g/mol. The molecule has 188 valence electrons. The second-order valence-electron chi connectivity index (χ2n) is 8.24. The van der Waals surface area contributed by atoms with Crippen molar-refractivity contribution in [3.8, 4) is 11.5 Å². The van der Waals surface area contributed by atoms with E-state index in [0.717, 1.165) is 6.42 Å². The summed E-state index contributed by atoms with van der Waals surface area (Å²) < 4.78 is 31.2. The van der Waals surface area contributed by atoms with Gasteiger partial charge in [-0.3, -0.25) is 4.79 Å². The Labute approximate surface area is 204 Å². The van der Waals surface area contributed by atoms with Gasteiger partial charge in [0.1, 0.15) is 17.3 Å². The minimum Gasteiger partial charge on any atom is -0.507 e. The van der Waals surface area contributed by atoms with Crippen molar-refractivity contribution in [3.05, 3.63) is 58.9 Å². The number of hydrogen-bond donors (Lipinski definition) is 3. The van der Waals surface area contributed by atoms with Crippen molar-refractivity contribution in [2.75, 3.05) is 12.4 Å². The number of sulfone groups is 1. The highest BCUT2D eigenvalue weighted by molar-refractivity contribution is 7.91. The number of nitrogens with one attached hydrogen (secondary N) is 1. The SMILES string of the molecule is CCCc1c(OCCCS(=O)(=O)c2ccc(C(O)CCc3nnn[nH]3)cc2)ccc(C(C)=O)c1O. The van der Waals surface area contributed by atoms with Gasteiger partial charge in [0.15, 0.2) is 15.6 Å². The highest BCUT2D eigenvalue weighted by atomic mass is 32.2. The molecule has 0 amide bonds. The summed E-state index contributed by atoms with van der Waals surface area (Å²) in [6.07, 6.45) is 1.62. The van der Waals surface area contributed by atoms with Crippen LogP contribution in [0, 0.1) is 0 Å². The number of nitrogens with zero attached hydrogens (tertiary/aromatic N) is 3. The van der Waals surface area contributed by atoms with E-state index in [2.05, 4.69) is 20.6 Å². The number of carbonyl (C=O) groups is 1. The molecule has 0 saturated carbocycles. The van der Waals surface area contributed by atoms with Crippen molar-refractivity contribution in [1.29, 1.82) is 0 Å². The van der Waals surface area contributed by atoms with Crippen molar-refractivity contribution in [2.24, 2.45) is 0 Å². The number of aliphatic hydroxyl groups is 1. The highest BCUT2D eigenvalue weighted by Crippen LogP contribution is 2.33. The van der Waals surface area contributed by atoms with Crippen molar-refractivity contribution in [2.45, 2.75) is 57.0 Å². The van der Waals surface area contributed by atoms with Gasteiger partial charge in [-0.2, -0.15) is 0 Å². The van der Waals surface area contributed by atoms with Crippen LogP contribution >= 0.6 is 0 Å². The van der Waals surface area contributed by atoms with Crippen LogP contribution in [0.1, 0.15) is 66.5 Å². The highest BCUT2D eigenvalue weighted by Gasteiger charge is 2.18. The first-order valence-corrected chi connectivity index (χ1v) is 13.1. The number of ether oxygens (including phenoxy) is 1. The zero-order valence-electron chi connectivity index (χ0n) is 19.8. The molecule has 1 aromatic heterocycles. The summed E-state index contributed by atoms with van der Waals surface area (Å²) >= 11 is 0. The third kappa shape index (κ3) is 6.86. The van der Waals surface area contributed by atoms with Crippen molar-refractivity contribution in [3.63, 3.8) is 0 Å². The number of aryl methyl sites for hydroxylation is 1. The number of ketones is 1. The van der Waals surface area contributed by atoms with Gasteiger partial charge in [-0.25, -0.2) is 13.5 Å². The minimum atomic E-state index is -3.54. The van der Waals surface area contributed by atoms with Crippen LogP contribution in [-0.2, 0) is 22.7 Å². The number of aromatic amines is 1. The third-order valence-corrected chi connectivity index (χ3v) is 7.42. The van der Waals surface area contributed by atoms with Crippen LogP contribution in [-0.4, -0.2) is 57.4 Å². The predicted molar refractivity (Wildman–Crippen MR) is 128 cm³/mol. The fraction of sp³-hybridized carbons (Fsp3) is 0.417. The normalized spacial score (nSPS) is 12.4. The first-order chi connectivity index (χ1) is 16.7. The van der Waals surface area contributed by atoms with Crippen LogP contribution in [0.15, 0.2) is 41.3 Å². The molecular weight excluding hydrogens is 472 g/mol. The standard InChI is InChI=1S/C24H30N4O6S/c1-3-5-20-22(12-10-19(16(2)29)24(20)31)34-14-4-15-35(32,33)18-8-6-17(7-9-18)21(30)11-13-23-25-27-28-26-23/h6-10,12,21,30-31H,3-5,11,13-15H2,1-2H3,(H,25,26,27,28). The van der Waals surface area contributed by atoms with Gasteiger partial charge >= 0.3 is 0 Å². The van der Waals surface area contributed by atoms with Gasteiger partial charge in [0.25, 0.3) is 0 Å². The van der Waals surface area contributed by atoms with E-state index in [0.29, 0.717) is 42.0 Å². The Hall–Kier alpha value is -3.31. The molecule has 0 bridgehead atoms. The summed E-state index contributed by atoms with van der Waals surface area (Å²) in [4.78, 5) is 11.9. The summed E-state index contributed by atoms with van der Waals surface area (Å²) in [7, 11) is -3.54. The molecule has 0 aliphatic heterocycles. The zero-order chi connectivity index (χ0) is 25.4. The summed E-state index contributed by atoms with van der Waals surface area (Å²) in [6.45, 7) is 3.48. The van der Waals surface area contributed by atoms with Gasteiger partial charge in [-0.05, 0) is 66.4 Å². The van der Waals surface area contributed by atoms with Gasteiger partial charge in [0, 0.05) is 12.0 Å².